The molecule has 0 unspecified atom stereocenters. The second-order valence-electron chi connectivity index (χ2n) is 8.35. The summed E-state index contributed by atoms with van der Waals surface area (Å²) in [6.45, 7) is 5.01. The molecule has 0 radical (unpaired) electrons. The quantitative estimate of drug-likeness (QED) is 0.455. The zero-order valence-electron chi connectivity index (χ0n) is 19.5. The third-order valence-electron chi connectivity index (χ3n) is 6.22. The summed E-state index contributed by atoms with van der Waals surface area (Å²) < 4.78 is 31.2. The van der Waals surface area contributed by atoms with Gasteiger partial charge in [-0.05, 0) is 18.2 Å². The summed E-state index contributed by atoms with van der Waals surface area (Å²) in [4.78, 5) is 22.8. The summed E-state index contributed by atoms with van der Waals surface area (Å²) in [5, 5.41) is 6.14. The number of hydrogen-bond acceptors (Lipinski definition) is 7. The number of amides is 1. The van der Waals surface area contributed by atoms with E-state index in [1.54, 1.807) is 24.5 Å². The minimum Gasteiger partial charge on any atom is -0.492 e. The van der Waals surface area contributed by atoms with Crippen LogP contribution in [0, 0.1) is 5.82 Å². The number of halogens is 1. The third-order valence-corrected chi connectivity index (χ3v) is 6.22. The van der Waals surface area contributed by atoms with Gasteiger partial charge in [0.2, 0.25) is 0 Å². The molecule has 0 aliphatic carbocycles. The number of morpholine rings is 1. The molecule has 184 valence electrons. The largest absolute Gasteiger partial charge is 0.492 e. The van der Waals surface area contributed by atoms with Crippen molar-refractivity contribution in [2.45, 2.75) is 6.42 Å². The second-order valence-corrected chi connectivity index (χ2v) is 8.35. The van der Waals surface area contributed by atoms with Gasteiger partial charge in [-0.2, -0.15) is 0 Å². The van der Waals surface area contributed by atoms with Crippen LogP contribution < -0.4 is 20.1 Å². The minimum absolute atomic E-state index is 0.0707. The Morgan fingerprint density at radius 1 is 1.26 bits per heavy atom. The number of carbonyl (C=O) groups is 1. The molecule has 2 aliphatic heterocycles. The van der Waals surface area contributed by atoms with E-state index in [0.717, 1.165) is 44.1 Å². The number of para-hydroxylation sites is 1. The van der Waals surface area contributed by atoms with Gasteiger partial charge in [0, 0.05) is 50.1 Å². The predicted molar refractivity (Wildman–Crippen MR) is 129 cm³/mol. The molecular formula is C25H28FN5O4. The summed E-state index contributed by atoms with van der Waals surface area (Å²) in [6, 6.07) is 6.46. The molecule has 1 aromatic carbocycles. The highest BCUT2D eigenvalue weighted by molar-refractivity contribution is 6.06. The normalized spacial score (nSPS) is 15.9. The van der Waals surface area contributed by atoms with Crippen LogP contribution in [-0.4, -0.2) is 73.9 Å². The number of H-pyrrole nitrogens is 1. The van der Waals surface area contributed by atoms with Gasteiger partial charge in [0.05, 0.1) is 49.2 Å². The zero-order valence-corrected chi connectivity index (χ0v) is 19.5. The van der Waals surface area contributed by atoms with Crippen LogP contribution in [0.2, 0.25) is 0 Å². The molecule has 0 bridgehead atoms. The van der Waals surface area contributed by atoms with Gasteiger partial charge in [0.15, 0.2) is 11.6 Å². The topological polar surface area (TPSA) is 101 Å². The molecule has 1 amide bonds. The van der Waals surface area contributed by atoms with Gasteiger partial charge in [-0.15, -0.1) is 0 Å². The maximum Gasteiger partial charge on any atom is 0.255 e. The van der Waals surface area contributed by atoms with E-state index in [9.17, 15) is 9.18 Å². The molecule has 10 heteroatoms. The number of pyridine rings is 1. The number of nitrogens with one attached hydrogen (secondary N) is 3. The maximum absolute atomic E-state index is 14.4. The Morgan fingerprint density at radius 3 is 2.94 bits per heavy atom. The number of aromatic nitrogens is 2. The molecule has 3 N–H and O–H groups in total. The van der Waals surface area contributed by atoms with Crippen LogP contribution in [0.3, 0.4) is 0 Å². The van der Waals surface area contributed by atoms with Crippen LogP contribution in [0.4, 0.5) is 15.8 Å². The van der Waals surface area contributed by atoms with Crippen molar-refractivity contribution in [1.29, 1.82) is 0 Å². The number of benzene rings is 1. The number of nitrogens with zero attached hydrogens (tertiary/aromatic N) is 2. The first-order chi connectivity index (χ1) is 17.2. The Morgan fingerprint density at radius 2 is 2.11 bits per heavy atom. The lowest BCUT2D eigenvalue weighted by atomic mass is 10.0. The number of fused-ring (bicyclic) bond motifs is 1. The lowest BCUT2D eigenvalue weighted by Gasteiger charge is -2.26. The van der Waals surface area contributed by atoms with E-state index in [1.807, 2.05) is 6.07 Å². The number of anilines is 2. The Hall–Kier alpha value is -3.63. The van der Waals surface area contributed by atoms with Crippen molar-refractivity contribution >= 4 is 17.3 Å². The van der Waals surface area contributed by atoms with Gasteiger partial charge >= 0.3 is 0 Å². The van der Waals surface area contributed by atoms with E-state index in [1.165, 1.54) is 13.2 Å². The number of carbonyl (C=O) groups excluding carboxylic acids is 1. The van der Waals surface area contributed by atoms with E-state index in [2.05, 4.69) is 25.5 Å². The van der Waals surface area contributed by atoms with Gasteiger partial charge < -0.3 is 29.8 Å². The number of hydrogen-bond donors (Lipinski definition) is 3. The average Bonchev–Trinajstić information content (AvgIpc) is 3.24. The predicted octanol–water partition coefficient (Wildman–Crippen LogP) is 2.96. The minimum atomic E-state index is -0.496. The van der Waals surface area contributed by atoms with Gasteiger partial charge in [0.1, 0.15) is 12.4 Å². The van der Waals surface area contributed by atoms with Crippen LogP contribution in [0.25, 0.3) is 11.3 Å². The Bertz CT molecular complexity index is 1210. The molecule has 2 aromatic heterocycles. The highest BCUT2D eigenvalue weighted by Crippen LogP contribution is 2.41. The lowest BCUT2D eigenvalue weighted by molar-refractivity contribution is 0.0322. The Balaban J connectivity index is 1.50. The third kappa shape index (κ3) is 4.80. The van der Waals surface area contributed by atoms with E-state index in [-0.39, 0.29) is 11.7 Å². The summed E-state index contributed by atoms with van der Waals surface area (Å²) >= 11 is 0. The maximum atomic E-state index is 14.4. The molecule has 35 heavy (non-hydrogen) atoms. The van der Waals surface area contributed by atoms with Gasteiger partial charge in [0.25, 0.3) is 5.91 Å². The van der Waals surface area contributed by atoms with Crippen molar-refractivity contribution in [1.82, 2.24) is 20.2 Å². The highest BCUT2D eigenvalue weighted by Gasteiger charge is 2.29. The molecular weight excluding hydrogens is 453 g/mol. The van der Waals surface area contributed by atoms with Crippen molar-refractivity contribution in [3.05, 3.63) is 53.7 Å². The SMILES string of the molecule is COc1c(F)cccc1Nc1c(-c2ccncc2OCCN2CCOCC2)[nH]c2c1C(=O)NCC2. The smallest absolute Gasteiger partial charge is 0.255 e. The van der Waals surface area contributed by atoms with E-state index in [4.69, 9.17) is 14.2 Å². The van der Waals surface area contributed by atoms with Gasteiger partial charge in [-0.3, -0.25) is 14.7 Å². The number of aromatic amines is 1. The standard InChI is InChI=1S/C25H28FN5O4/c1-33-24-17(26)3-2-4-19(24)30-23-21-18(6-8-28-25(21)32)29-22(23)16-5-7-27-15-20(16)35-14-11-31-9-12-34-13-10-31/h2-5,7,15,29-30H,6,8-14H2,1H3,(H,28,32). The molecule has 0 saturated carbocycles. The number of ether oxygens (including phenoxy) is 3. The molecule has 0 atom stereocenters. The fraction of sp³-hybridized carbons (Fsp3) is 0.360. The first-order valence-corrected chi connectivity index (χ1v) is 11.7. The molecule has 9 nitrogen and oxygen atoms in total. The van der Waals surface area contributed by atoms with Crippen LogP contribution in [-0.2, 0) is 11.2 Å². The summed E-state index contributed by atoms with van der Waals surface area (Å²) in [6.07, 6.45) is 3.99. The Labute approximate surface area is 202 Å². The summed E-state index contributed by atoms with van der Waals surface area (Å²) in [7, 11) is 1.41. The molecule has 4 heterocycles. The first kappa shape index (κ1) is 23.1. The van der Waals surface area contributed by atoms with Crippen molar-refractivity contribution in [3.63, 3.8) is 0 Å². The molecule has 2 aliphatic rings. The van der Waals surface area contributed by atoms with E-state index in [0.29, 0.717) is 48.0 Å². The lowest BCUT2D eigenvalue weighted by Crippen LogP contribution is -2.38. The van der Waals surface area contributed by atoms with Gasteiger partial charge in [-0.1, -0.05) is 6.07 Å². The summed E-state index contributed by atoms with van der Waals surface area (Å²) in [5.41, 5.74) is 3.67. The van der Waals surface area contributed by atoms with Crippen molar-refractivity contribution in [3.8, 4) is 22.8 Å². The zero-order chi connectivity index (χ0) is 24.2. The fourth-order valence-corrected chi connectivity index (χ4v) is 4.47. The molecule has 5 rings (SSSR count). The van der Waals surface area contributed by atoms with Crippen molar-refractivity contribution < 1.29 is 23.4 Å². The molecule has 1 fully saturated rings. The van der Waals surface area contributed by atoms with Crippen LogP contribution >= 0.6 is 0 Å². The average molecular weight is 482 g/mol. The number of rotatable bonds is 8. The Kier molecular flexibility index (Phi) is 6.82. The van der Waals surface area contributed by atoms with Crippen LogP contribution in [0.5, 0.6) is 11.5 Å². The van der Waals surface area contributed by atoms with E-state index < -0.39 is 5.82 Å². The molecule has 1 saturated heterocycles. The van der Waals surface area contributed by atoms with Crippen molar-refractivity contribution in [2.75, 3.05) is 58.4 Å². The first-order valence-electron chi connectivity index (χ1n) is 11.7. The van der Waals surface area contributed by atoms with Crippen LogP contribution in [0.1, 0.15) is 16.1 Å². The second kappa shape index (κ2) is 10.3. The highest BCUT2D eigenvalue weighted by atomic mass is 19.1. The van der Waals surface area contributed by atoms with Gasteiger partial charge in [-0.25, -0.2) is 4.39 Å². The van der Waals surface area contributed by atoms with Crippen molar-refractivity contribution in [2.24, 2.45) is 0 Å². The number of methoxy groups -OCH3 is 1. The fourth-order valence-electron chi connectivity index (χ4n) is 4.47. The van der Waals surface area contributed by atoms with Crippen LogP contribution in [0.15, 0.2) is 36.7 Å². The monoisotopic (exact) mass is 481 g/mol. The molecule has 3 aromatic rings. The molecule has 0 spiro atoms. The van der Waals surface area contributed by atoms with E-state index >= 15 is 0 Å². The summed E-state index contributed by atoms with van der Waals surface area (Å²) in [5.74, 6) is -0.0326.